The predicted molar refractivity (Wildman–Crippen MR) is 58.4 cm³/mol. The minimum absolute atomic E-state index is 0.551. The molecule has 1 aliphatic heterocycles. The van der Waals surface area contributed by atoms with Crippen molar-refractivity contribution >= 4 is 0 Å². The fourth-order valence-corrected chi connectivity index (χ4v) is 2.47. The van der Waals surface area contributed by atoms with Crippen molar-refractivity contribution in [2.45, 2.75) is 51.7 Å². The van der Waals surface area contributed by atoms with E-state index in [9.17, 15) is 0 Å². The van der Waals surface area contributed by atoms with E-state index in [1.165, 1.54) is 25.7 Å². The number of likely N-dealkylation sites (N-methyl/N-ethyl adjacent to an activating group) is 1. The molecule has 2 aliphatic rings. The van der Waals surface area contributed by atoms with Gasteiger partial charge in [-0.3, -0.25) is 0 Å². The first-order valence-electron chi connectivity index (χ1n) is 5.89. The second-order valence-corrected chi connectivity index (χ2v) is 5.79. The Morgan fingerprint density at radius 2 is 1.86 bits per heavy atom. The van der Waals surface area contributed by atoms with Crippen molar-refractivity contribution in [3.8, 4) is 0 Å². The molecule has 0 aromatic rings. The van der Waals surface area contributed by atoms with Gasteiger partial charge in [0.15, 0.2) is 0 Å². The zero-order valence-electron chi connectivity index (χ0n) is 9.75. The molecule has 1 saturated carbocycles. The molecule has 1 saturated heterocycles. The number of epoxide rings is 1. The van der Waals surface area contributed by atoms with Crippen LogP contribution < -0.4 is 0 Å². The fraction of sp³-hybridized carbons (Fsp3) is 1.00. The van der Waals surface area contributed by atoms with E-state index in [1.54, 1.807) is 0 Å². The van der Waals surface area contributed by atoms with Gasteiger partial charge in [0, 0.05) is 12.6 Å². The largest absolute Gasteiger partial charge is 0.372 e. The van der Waals surface area contributed by atoms with Gasteiger partial charge in [-0.25, -0.2) is 0 Å². The summed E-state index contributed by atoms with van der Waals surface area (Å²) in [5.41, 5.74) is 0.591. The number of ether oxygens (including phenoxy) is 1. The van der Waals surface area contributed by atoms with Crippen LogP contribution in [0.1, 0.15) is 39.5 Å². The molecule has 1 unspecified atom stereocenters. The molecule has 2 fully saturated rings. The first-order valence-corrected chi connectivity index (χ1v) is 5.89. The van der Waals surface area contributed by atoms with Gasteiger partial charge in [-0.05, 0) is 38.1 Å². The van der Waals surface area contributed by atoms with E-state index in [0.717, 1.165) is 19.2 Å². The van der Waals surface area contributed by atoms with Gasteiger partial charge in [0.05, 0.1) is 12.7 Å². The number of nitrogens with zero attached hydrogens (tertiary/aromatic N) is 1. The second kappa shape index (κ2) is 3.82. The Hall–Kier alpha value is -0.0800. The summed E-state index contributed by atoms with van der Waals surface area (Å²) >= 11 is 0. The standard InChI is InChI=1S/C12H23NO/c1-12(2)6-4-10(5-7-12)13(3)8-11-9-14-11/h10-11H,4-9H2,1-3H3. The van der Waals surface area contributed by atoms with Crippen LogP contribution in [0.3, 0.4) is 0 Å². The summed E-state index contributed by atoms with van der Waals surface area (Å²) in [6.07, 6.45) is 6.06. The fourth-order valence-electron chi connectivity index (χ4n) is 2.47. The molecule has 14 heavy (non-hydrogen) atoms. The van der Waals surface area contributed by atoms with E-state index < -0.39 is 0 Å². The first-order chi connectivity index (χ1) is 6.57. The van der Waals surface area contributed by atoms with Gasteiger partial charge in [-0.2, -0.15) is 0 Å². The summed E-state index contributed by atoms with van der Waals surface area (Å²) < 4.78 is 5.27. The lowest BCUT2D eigenvalue weighted by Gasteiger charge is -2.38. The van der Waals surface area contributed by atoms with E-state index in [0.29, 0.717) is 11.5 Å². The molecule has 0 N–H and O–H groups in total. The van der Waals surface area contributed by atoms with Gasteiger partial charge in [-0.15, -0.1) is 0 Å². The Morgan fingerprint density at radius 1 is 1.29 bits per heavy atom. The maximum absolute atomic E-state index is 5.27. The molecule has 0 aromatic heterocycles. The van der Waals surface area contributed by atoms with Gasteiger partial charge in [0.1, 0.15) is 0 Å². The zero-order valence-corrected chi connectivity index (χ0v) is 9.75. The third-order valence-corrected chi connectivity index (χ3v) is 3.83. The Labute approximate surface area is 87.6 Å². The van der Waals surface area contributed by atoms with Crippen molar-refractivity contribution in [1.82, 2.24) is 4.90 Å². The molecule has 0 spiro atoms. The summed E-state index contributed by atoms with van der Waals surface area (Å²) in [6.45, 7) is 6.92. The minimum atomic E-state index is 0.551. The predicted octanol–water partition coefficient (Wildman–Crippen LogP) is 2.29. The second-order valence-electron chi connectivity index (χ2n) is 5.79. The molecular weight excluding hydrogens is 174 g/mol. The average molecular weight is 197 g/mol. The Morgan fingerprint density at radius 3 is 2.36 bits per heavy atom. The maximum Gasteiger partial charge on any atom is 0.0936 e. The molecule has 0 radical (unpaired) electrons. The lowest BCUT2D eigenvalue weighted by atomic mass is 9.75. The van der Waals surface area contributed by atoms with Crippen molar-refractivity contribution in [1.29, 1.82) is 0 Å². The van der Waals surface area contributed by atoms with E-state index in [-0.39, 0.29) is 0 Å². The molecule has 0 aromatic carbocycles. The van der Waals surface area contributed by atoms with Crippen LogP contribution in [0.4, 0.5) is 0 Å². The Balaban J connectivity index is 1.75. The minimum Gasteiger partial charge on any atom is -0.372 e. The highest BCUT2D eigenvalue weighted by Gasteiger charge is 2.31. The van der Waals surface area contributed by atoms with Crippen LogP contribution in [0.2, 0.25) is 0 Å². The number of hydrogen-bond donors (Lipinski definition) is 0. The number of hydrogen-bond acceptors (Lipinski definition) is 2. The molecule has 2 nitrogen and oxygen atoms in total. The van der Waals surface area contributed by atoms with Gasteiger partial charge in [-0.1, -0.05) is 13.8 Å². The Bertz CT molecular complexity index is 188. The molecule has 2 heteroatoms. The maximum atomic E-state index is 5.27. The van der Waals surface area contributed by atoms with Crippen LogP contribution in [0, 0.1) is 5.41 Å². The van der Waals surface area contributed by atoms with Crippen LogP contribution in [0.25, 0.3) is 0 Å². The van der Waals surface area contributed by atoms with Crippen LogP contribution >= 0.6 is 0 Å². The Kier molecular flexibility index (Phi) is 2.85. The molecular formula is C12H23NO. The average Bonchev–Trinajstić information content (AvgIpc) is 2.88. The molecule has 1 atom stereocenters. The topological polar surface area (TPSA) is 15.8 Å². The smallest absolute Gasteiger partial charge is 0.0936 e. The van der Waals surface area contributed by atoms with Gasteiger partial charge in [0.2, 0.25) is 0 Å². The molecule has 1 heterocycles. The van der Waals surface area contributed by atoms with Crippen LogP contribution in [0.15, 0.2) is 0 Å². The number of rotatable bonds is 3. The highest BCUT2D eigenvalue weighted by Crippen LogP contribution is 2.36. The lowest BCUT2D eigenvalue weighted by Crippen LogP contribution is -2.39. The molecule has 2 rings (SSSR count). The first kappa shape index (κ1) is 10.4. The lowest BCUT2D eigenvalue weighted by molar-refractivity contribution is 0.121. The highest BCUT2D eigenvalue weighted by atomic mass is 16.6. The molecule has 1 aliphatic carbocycles. The summed E-state index contributed by atoms with van der Waals surface area (Å²) in [7, 11) is 2.25. The van der Waals surface area contributed by atoms with Gasteiger partial charge >= 0.3 is 0 Å². The summed E-state index contributed by atoms with van der Waals surface area (Å²) in [6, 6.07) is 0.812. The van der Waals surface area contributed by atoms with E-state index in [4.69, 9.17) is 4.74 Å². The van der Waals surface area contributed by atoms with Crippen molar-refractivity contribution in [2.24, 2.45) is 5.41 Å². The normalized spacial score (nSPS) is 32.1. The van der Waals surface area contributed by atoms with Gasteiger partial charge in [0.25, 0.3) is 0 Å². The van der Waals surface area contributed by atoms with Crippen LogP contribution in [0.5, 0.6) is 0 Å². The third-order valence-electron chi connectivity index (χ3n) is 3.83. The monoisotopic (exact) mass is 197 g/mol. The van der Waals surface area contributed by atoms with Crippen molar-refractivity contribution in [2.75, 3.05) is 20.2 Å². The zero-order chi connectivity index (χ0) is 10.2. The van der Waals surface area contributed by atoms with E-state index >= 15 is 0 Å². The van der Waals surface area contributed by atoms with Crippen molar-refractivity contribution in [3.63, 3.8) is 0 Å². The SMILES string of the molecule is CN(CC1CO1)C1CCC(C)(C)CC1. The summed E-state index contributed by atoms with van der Waals surface area (Å²) in [4.78, 5) is 2.51. The van der Waals surface area contributed by atoms with Crippen molar-refractivity contribution < 1.29 is 4.74 Å². The van der Waals surface area contributed by atoms with Gasteiger partial charge < -0.3 is 9.64 Å². The summed E-state index contributed by atoms with van der Waals surface area (Å²) in [5, 5.41) is 0. The third kappa shape index (κ3) is 2.71. The van der Waals surface area contributed by atoms with E-state index in [1.807, 2.05) is 0 Å². The van der Waals surface area contributed by atoms with E-state index in [2.05, 4.69) is 25.8 Å². The molecule has 0 bridgehead atoms. The molecule has 82 valence electrons. The quantitative estimate of drug-likeness (QED) is 0.645. The van der Waals surface area contributed by atoms with Crippen LogP contribution in [-0.2, 0) is 4.74 Å². The van der Waals surface area contributed by atoms with Crippen molar-refractivity contribution in [3.05, 3.63) is 0 Å². The molecule has 0 amide bonds. The van der Waals surface area contributed by atoms with Crippen LogP contribution in [-0.4, -0.2) is 37.2 Å². The summed E-state index contributed by atoms with van der Waals surface area (Å²) in [5.74, 6) is 0. The highest BCUT2D eigenvalue weighted by molar-refractivity contribution is 4.85.